The molecule has 0 radical (unpaired) electrons. The normalized spacial score (nSPS) is 17.8. The van der Waals surface area contributed by atoms with Gasteiger partial charge in [0.2, 0.25) is 0 Å². The van der Waals surface area contributed by atoms with Gasteiger partial charge in [-0.05, 0) is 32.4 Å². The maximum Gasteiger partial charge on any atom is 0.191 e. The van der Waals surface area contributed by atoms with Crippen LogP contribution in [-0.2, 0) is 13.1 Å². The maximum absolute atomic E-state index is 4.68. The van der Waals surface area contributed by atoms with Crippen LogP contribution in [0.4, 0.5) is 5.69 Å². The number of nitrogens with zero attached hydrogens (tertiary/aromatic N) is 5. The number of guanidine groups is 1. The second-order valence-electron chi connectivity index (χ2n) is 6.14. The topological polar surface area (TPSA) is 70.4 Å². The number of aromatic nitrogens is 3. The van der Waals surface area contributed by atoms with Crippen molar-refractivity contribution in [2.45, 2.75) is 39.4 Å². The van der Waals surface area contributed by atoms with Crippen molar-refractivity contribution in [1.82, 2.24) is 25.4 Å². The number of anilines is 1. The highest BCUT2D eigenvalue weighted by Crippen LogP contribution is 2.19. The first-order valence-electron chi connectivity index (χ1n) is 9.01. The van der Waals surface area contributed by atoms with Gasteiger partial charge >= 0.3 is 0 Å². The highest BCUT2D eigenvalue weighted by Gasteiger charge is 2.23. The first kappa shape index (κ1) is 17.3. The van der Waals surface area contributed by atoms with Gasteiger partial charge in [0.15, 0.2) is 11.8 Å². The summed E-state index contributed by atoms with van der Waals surface area (Å²) < 4.78 is 2.01. The molecule has 1 aromatic heterocycles. The molecular formula is C18H27N7. The summed E-state index contributed by atoms with van der Waals surface area (Å²) in [5.74, 6) is 1.73. The molecule has 1 aromatic carbocycles. The Balaban J connectivity index is 1.59. The lowest BCUT2D eigenvalue weighted by Crippen LogP contribution is -2.44. The minimum Gasteiger partial charge on any atom is -0.369 e. The smallest absolute Gasteiger partial charge is 0.191 e. The first-order chi connectivity index (χ1) is 12.3. The summed E-state index contributed by atoms with van der Waals surface area (Å²) in [6.45, 7) is 8.43. The van der Waals surface area contributed by atoms with E-state index in [1.807, 2.05) is 4.57 Å². The molecule has 134 valence electrons. The van der Waals surface area contributed by atoms with Gasteiger partial charge in [-0.15, -0.1) is 10.2 Å². The van der Waals surface area contributed by atoms with Crippen LogP contribution < -0.4 is 15.5 Å². The fourth-order valence-corrected chi connectivity index (χ4v) is 3.08. The van der Waals surface area contributed by atoms with Gasteiger partial charge in [-0.25, -0.2) is 4.99 Å². The van der Waals surface area contributed by atoms with Crippen molar-refractivity contribution >= 4 is 11.6 Å². The van der Waals surface area contributed by atoms with Crippen molar-refractivity contribution in [3.8, 4) is 0 Å². The van der Waals surface area contributed by atoms with Crippen molar-refractivity contribution < 1.29 is 0 Å². The molecule has 1 fully saturated rings. The molecule has 0 bridgehead atoms. The lowest BCUT2D eigenvalue weighted by atomic mass is 10.3. The van der Waals surface area contributed by atoms with Crippen molar-refractivity contribution in [2.75, 3.05) is 24.5 Å². The summed E-state index contributed by atoms with van der Waals surface area (Å²) in [5, 5.41) is 15.0. The molecule has 25 heavy (non-hydrogen) atoms. The number of rotatable bonds is 6. The molecule has 7 heteroatoms. The van der Waals surface area contributed by atoms with Gasteiger partial charge in [-0.2, -0.15) is 0 Å². The van der Waals surface area contributed by atoms with Crippen molar-refractivity contribution in [1.29, 1.82) is 0 Å². The largest absolute Gasteiger partial charge is 0.369 e. The molecule has 1 saturated heterocycles. The van der Waals surface area contributed by atoms with Gasteiger partial charge in [-0.1, -0.05) is 18.2 Å². The van der Waals surface area contributed by atoms with Gasteiger partial charge in [0.1, 0.15) is 12.9 Å². The average Bonchev–Trinajstić information content (AvgIpc) is 3.29. The molecule has 0 amide bonds. The van der Waals surface area contributed by atoms with E-state index in [0.29, 0.717) is 12.6 Å². The Kier molecular flexibility index (Phi) is 5.87. The van der Waals surface area contributed by atoms with Crippen LogP contribution in [0.3, 0.4) is 0 Å². The SMILES string of the molecule is CCNC(=NCc1nncn1CC)NC1CCN(c2ccccc2)C1. The number of hydrogen-bond donors (Lipinski definition) is 2. The Morgan fingerprint density at radius 2 is 2.12 bits per heavy atom. The van der Waals surface area contributed by atoms with E-state index in [-0.39, 0.29) is 0 Å². The molecule has 1 aliphatic rings. The van der Waals surface area contributed by atoms with Gasteiger partial charge in [0, 0.05) is 37.9 Å². The minimum absolute atomic E-state index is 0.391. The van der Waals surface area contributed by atoms with Crippen molar-refractivity contribution in [3.63, 3.8) is 0 Å². The summed E-state index contributed by atoms with van der Waals surface area (Å²) in [5.41, 5.74) is 1.28. The van der Waals surface area contributed by atoms with E-state index in [4.69, 9.17) is 0 Å². The number of aryl methyl sites for hydroxylation is 1. The molecular weight excluding hydrogens is 314 g/mol. The molecule has 1 unspecified atom stereocenters. The Morgan fingerprint density at radius 1 is 1.28 bits per heavy atom. The molecule has 3 rings (SSSR count). The highest BCUT2D eigenvalue weighted by atomic mass is 15.3. The monoisotopic (exact) mass is 341 g/mol. The second-order valence-corrected chi connectivity index (χ2v) is 6.14. The van der Waals surface area contributed by atoms with E-state index in [9.17, 15) is 0 Å². The van der Waals surface area contributed by atoms with Gasteiger partial charge in [0.05, 0.1) is 0 Å². The van der Waals surface area contributed by atoms with Gasteiger partial charge < -0.3 is 20.1 Å². The fraction of sp³-hybridized carbons (Fsp3) is 0.500. The Labute approximate surface area is 149 Å². The minimum atomic E-state index is 0.391. The lowest BCUT2D eigenvalue weighted by Gasteiger charge is -2.20. The Hall–Kier alpha value is -2.57. The van der Waals surface area contributed by atoms with Crippen LogP contribution in [0.5, 0.6) is 0 Å². The fourth-order valence-electron chi connectivity index (χ4n) is 3.08. The third-order valence-corrected chi connectivity index (χ3v) is 4.41. The molecule has 0 saturated carbocycles. The van der Waals surface area contributed by atoms with E-state index < -0.39 is 0 Å². The average molecular weight is 341 g/mol. The third-order valence-electron chi connectivity index (χ3n) is 4.41. The van der Waals surface area contributed by atoms with Crippen LogP contribution in [0.2, 0.25) is 0 Å². The number of aliphatic imine (C=N–C) groups is 1. The molecule has 2 heterocycles. The first-order valence-corrected chi connectivity index (χ1v) is 9.01. The van der Waals surface area contributed by atoms with E-state index >= 15 is 0 Å². The summed E-state index contributed by atoms with van der Waals surface area (Å²) in [6, 6.07) is 11.0. The molecule has 0 spiro atoms. The van der Waals surface area contributed by atoms with Gasteiger partial charge in [-0.3, -0.25) is 0 Å². The van der Waals surface area contributed by atoms with Crippen LogP contribution in [0.15, 0.2) is 41.7 Å². The Bertz CT molecular complexity index is 680. The highest BCUT2D eigenvalue weighted by molar-refractivity contribution is 5.80. The van der Waals surface area contributed by atoms with Crippen molar-refractivity contribution in [3.05, 3.63) is 42.5 Å². The van der Waals surface area contributed by atoms with Gasteiger partial charge in [0.25, 0.3) is 0 Å². The summed E-state index contributed by atoms with van der Waals surface area (Å²) in [6.07, 6.45) is 2.85. The molecule has 2 aromatic rings. The summed E-state index contributed by atoms with van der Waals surface area (Å²) in [4.78, 5) is 7.09. The zero-order chi connectivity index (χ0) is 17.5. The number of para-hydroxylation sites is 1. The van der Waals surface area contributed by atoms with E-state index in [1.165, 1.54) is 5.69 Å². The van der Waals surface area contributed by atoms with Crippen LogP contribution in [0.1, 0.15) is 26.1 Å². The lowest BCUT2D eigenvalue weighted by molar-refractivity contribution is 0.644. The van der Waals surface area contributed by atoms with E-state index in [0.717, 1.165) is 44.4 Å². The molecule has 1 atom stereocenters. The van der Waals surface area contributed by atoms with Crippen LogP contribution in [0, 0.1) is 0 Å². The van der Waals surface area contributed by atoms with Crippen LogP contribution in [-0.4, -0.2) is 46.4 Å². The van der Waals surface area contributed by atoms with E-state index in [1.54, 1.807) is 6.33 Å². The number of hydrogen-bond acceptors (Lipinski definition) is 4. The zero-order valence-corrected chi connectivity index (χ0v) is 15.0. The molecule has 1 aliphatic heterocycles. The van der Waals surface area contributed by atoms with Crippen molar-refractivity contribution in [2.24, 2.45) is 4.99 Å². The Morgan fingerprint density at radius 3 is 2.88 bits per heavy atom. The predicted octanol–water partition coefficient (Wildman–Crippen LogP) is 1.63. The van der Waals surface area contributed by atoms with Crippen LogP contribution >= 0.6 is 0 Å². The third kappa shape index (κ3) is 4.49. The standard InChI is InChI=1S/C18H27N7/c1-3-19-18(20-12-17-23-21-14-24(17)4-2)22-15-10-11-25(13-15)16-8-6-5-7-9-16/h5-9,14-15H,3-4,10-13H2,1-2H3,(H2,19,20,22). The molecule has 2 N–H and O–H groups in total. The zero-order valence-electron chi connectivity index (χ0n) is 15.0. The van der Waals surface area contributed by atoms with E-state index in [2.05, 4.69) is 74.9 Å². The molecule has 0 aliphatic carbocycles. The molecule has 7 nitrogen and oxygen atoms in total. The summed E-state index contributed by atoms with van der Waals surface area (Å²) >= 11 is 0. The number of benzene rings is 1. The second kappa shape index (κ2) is 8.50. The maximum atomic E-state index is 4.68. The number of nitrogens with one attached hydrogen (secondary N) is 2. The van der Waals surface area contributed by atoms with Crippen LogP contribution in [0.25, 0.3) is 0 Å². The quantitative estimate of drug-likeness (QED) is 0.617. The summed E-state index contributed by atoms with van der Waals surface area (Å²) in [7, 11) is 0. The predicted molar refractivity (Wildman–Crippen MR) is 101 cm³/mol.